The molecule has 1 aromatic rings. The predicted molar refractivity (Wildman–Crippen MR) is 62.8 cm³/mol. The van der Waals surface area contributed by atoms with E-state index in [2.05, 4.69) is 0 Å². The number of carbonyl (C=O) groups is 2. The van der Waals surface area contributed by atoms with Gasteiger partial charge in [-0.2, -0.15) is 0 Å². The van der Waals surface area contributed by atoms with E-state index >= 15 is 0 Å². The number of carboxylic acids is 1. The van der Waals surface area contributed by atoms with E-state index in [-0.39, 0.29) is 12.5 Å². The fourth-order valence-electron chi connectivity index (χ4n) is 2.14. The molecule has 1 aliphatic heterocycles. The SMILES string of the molecule is Cc1ccc(F)cc1C(=O)N1CC[C@@H](C(=O)O)C1. The number of hydrogen-bond acceptors (Lipinski definition) is 2. The molecule has 4 nitrogen and oxygen atoms in total. The van der Waals surface area contributed by atoms with Crippen molar-refractivity contribution in [2.75, 3.05) is 13.1 Å². The third kappa shape index (κ3) is 2.34. The average molecular weight is 251 g/mol. The molecular formula is C13H14FNO3. The van der Waals surface area contributed by atoms with E-state index in [0.29, 0.717) is 24.1 Å². The molecule has 0 bridgehead atoms. The first kappa shape index (κ1) is 12.5. The largest absolute Gasteiger partial charge is 0.481 e. The van der Waals surface area contributed by atoms with Crippen LogP contribution in [0.25, 0.3) is 0 Å². The zero-order valence-electron chi connectivity index (χ0n) is 10.0. The van der Waals surface area contributed by atoms with Gasteiger partial charge >= 0.3 is 5.97 Å². The minimum Gasteiger partial charge on any atom is -0.481 e. The zero-order valence-corrected chi connectivity index (χ0v) is 10.0. The van der Waals surface area contributed by atoms with Gasteiger partial charge in [-0.3, -0.25) is 9.59 Å². The average Bonchev–Trinajstić information content (AvgIpc) is 2.81. The second-order valence-corrected chi connectivity index (χ2v) is 4.53. The van der Waals surface area contributed by atoms with E-state index in [1.54, 1.807) is 13.0 Å². The maximum absolute atomic E-state index is 13.1. The number of carboxylic acid groups (broad SMARTS) is 1. The summed E-state index contributed by atoms with van der Waals surface area (Å²) in [7, 11) is 0. The van der Waals surface area contributed by atoms with E-state index in [0.717, 1.165) is 0 Å². The van der Waals surface area contributed by atoms with Crippen molar-refractivity contribution in [3.63, 3.8) is 0 Å². The van der Waals surface area contributed by atoms with E-state index in [4.69, 9.17) is 5.11 Å². The van der Waals surface area contributed by atoms with Crippen LogP contribution in [0.15, 0.2) is 18.2 Å². The predicted octanol–water partition coefficient (Wildman–Crippen LogP) is 1.68. The van der Waals surface area contributed by atoms with Gasteiger partial charge in [0.05, 0.1) is 5.92 Å². The molecule has 1 amide bonds. The molecule has 1 aromatic carbocycles. The highest BCUT2D eigenvalue weighted by atomic mass is 19.1. The fraction of sp³-hybridized carbons (Fsp3) is 0.385. The van der Waals surface area contributed by atoms with Crippen LogP contribution in [-0.4, -0.2) is 35.0 Å². The molecule has 1 atom stereocenters. The molecule has 0 spiro atoms. The normalized spacial score (nSPS) is 19.0. The van der Waals surface area contributed by atoms with Gasteiger partial charge in [-0.05, 0) is 31.0 Å². The Balaban J connectivity index is 2.17. The van der Waals surface area contributed by atoms with Crippen molar-refractivity contribution in [1.82, 2.24) is 4.90 Å². The lowest BCUT2D eigenvalue weighted by atomic mass is 10.1. The number of carbonyl (C=O) groups excluding carboxylic acids is 1. The molecule has 0 saturated carbocycles. The third-order valence-electron chi connectivity index (χ3n) is 3.25. The number of likely N-dealkylation sites (tertiary alicyclic amines) is 1. The number of hydrogen-bond donors (Lipinski definition) is 1. The van der Waals surface area contributed by atoms with Crippen molar-refractivity contribution in [2.24, 2.45) is 5.92 Å². The lowest BCUT2D eigenvalue weighted by Crippen LogP contribution is -2.30. The first-order valence-corrected chi connectivity index (χ1v) is 5.77. The highest BCUT2D eigenvalue weighted by molar-refractivity contribution is 5.96. The van der Waals surface area contributed by atoms with Gasteiger partial charge < -0.3 is 10.0 Å². The molecule has 5 heteroatoms. The lowest BCUT2D eigenvalue weighted by Gasteiger charge is -2.17. The number of nitrogens with zero attached hydrogens (tertiary/aromatic N) is 1. The number of aryl methyl sites for hydroxylation is 1. The van der Waals surface area contributed by atoms with Crippen LogP contribution >= 0.6 is 0 Å². The number of aliphatic carboxylic acids is 1. The van der Waals surface area contributed by atoms with E-state index in [1.807, 2.05) is 0 Å². The number of rotatable bonds is 2. The van der Waals surface area contributed by atoms with Gasteiger partial charge in [0.25, 0.3) is 5.91 Å². The van der Waals surface area contributed by atoms with Crippen LogP contribution in [0, 0.1) is 18.7 Å². The van der Waals surface area contributed by atoms with Crippen molar-refractivity contribution < 1.29 is 19.1 Å². The lowest BCUT2D eigenvalue weighted by molar-refractivity contribution is -0.141. The van der Waals surface area contributed by atoms with Crippen LogP contribution < -0.4 is 0 Å². The molecule has 2 rings (SSSR count). The van der Waals surface area contributed by atoms with E-state index in [1.165, 1.54) is 17.0 Å². The van der Waals surface area contributed by atoms with Crippen LogP contribution in [0.1, 0.15) is 22.3 Å². The molecular weight excluding hydrogens is 237 g/mol. The first-order chi connectivity index (χ1) is 8.49. The topological polar surface area (TPSA) is 57.6 Å². The molecule has 0 unspecified atom stereocenters. The van der Waals surface area contributed by atoms with Gasteiger partial charge in [0.2, 0.25) is 0 Å². The van der Waals surface area contributed by atoms with Crippen LogP contribution in [0.2, 0.25) is 0 Å². The summed E-state index contributed by atoms with van der Waals surface area (Å²) in [6.45, 7) is 2.34. The Kier molecular flexibility index (Phi) is 3.32. The van der Waals surface area contributed by atoms with Gasteiger partial charge in [-0.1, -0.05) is 6.07 Å². The second kappa shape index (κ2) is 4.76. The summed E-state index contributed by atoms with van der Waals surface area (Å²) in [6, 6.07) is 4.05. The Morgan fingerprint density at radius 3 is 2.78 bits per heavy atom. The molecule has 1 fully saturated rings. The minimum absolute atomic E-state index is 0.199. The van der Waals surface area contributed by atoms with Crippen molar-refractivity contribution >= 4 is 11.9 Å². The van der Waals surface area contributed by atoms with Gasteiger partial charge in [-0.25, -0.2) is 4.39 Å². The van der Waals surface area contributed by atoms with Crippen molar-refractivity contribution in [3.05, 3.63) is 35.1 Å². The Bertz CT molecular complexity index is 501. The maximum Gasteiger partial charge on any atom is 0.308 e. The molecule has 0 aliphatic carbocycles. The van der Waals surface area contributed by atoms with Gasteiger partial charge in [-0.15, -0.1) is 0 Å². The highest BCUT2D eigenvalue weighted by Gasteiger charge is 2.31. The van der Waals surface area contributed by atoms with E-state index in [9.17, 15) is 14.0 Å². The van der Waals surface area contributed by atoms with Crippen LogP contribution in [0.3, 0.4) is 0 Å². The Morgan fingerprint density at radius 1 is 1.44 bits per heavy atom. The molecule has 0 aromatic heterocycles. The summed E-state index contributed by atoms with van der Waals surface area (Å²) in [5.41, 5.74) is 1.00. The summed E-state index contributed by atoms with van der Waals surface area (Å²) in [4.78, 5) is 24.5. The Hall–Kier alpha value is -1.91. The van der Waals surface area contributed by atoms with Crippen molar-refractivity contribution in [2.45, 2.75) is 13.3 Å². The first-order valence-electron chi connectivity index (χ1n) is 5.77. The molecule has 1 N–H and O–H groups in total. The van der Waals surface area contributed by atoms with Gasteiger partial charge in [0, 0.05) is 18.7 Å². The highest BCUT2D eigenvalue weighted by Crippen LogP contribution is 2.20. The Labute approximate surface area is 104 Å². The molecule has 0 radical (unpaired) electrons. The number of amides is 1. The standard InChI is InChI=1S/C13H14FNO3/c1-8-2-3-10(14)6-11(8)12(16)15-5-4-9(7-15)13(17)18/h2-3,6,9H,4-5,7H2,1H3,(H,17,18)/t9-/m1/s1. The summed E-state index contributed by atoms with van der Waals surface area (Å²) in [5, 5.41) is 8.88. The quantitative estimate of drug-likeness (QED) is 0.870. The molecule has 96 valence electrons. The second-order valence-electron chi connectivity index (χ2n) is 4.53. The maximum atomic E-state index is 13.1. The summed E-state index contributed by atoms with van der Waals surface area (Å²) in [6.07, 6.45) is 0.454. The molecule has 1 saturated heterocycles. The third-order valence-corrected chi connectivity index (χ3v) is 3.25. The van der Waals surface area contributed by atoms with Crippen molar-refractivity contribution in [1.29, 1.82) is 0 Å². The van der Waals surface area contributed by atoms with Crippen molar-refractivity contribution in [3.8, 4) is 0 Å². The van der Waals surface area contributed by atoms with Gasteiger partial charge in [0.1, 0.15) is 5.82 Å². The summed E-state index contributed by atoms with van der Waals surface area (Å²) < 4.78 is 13.1. The monoisotopic (exact) mass is 251 g/mol. The number of halogens is 1. The molecule has 1 heterocycles. The Morgan fingerprint density at radius 2 is 2.17 bits per heavy atom. The van der Waals surface area contributed by atoms with Crippen LogP contribution in [0.4, 0.5) is 4.39 Å². The van der Waals surface area contributed by atoms with E-state index < -0.39 is 17.7 Å². The summed E-state index contributed by atoms with van der Waals surface area (Å²) >= 11 is 0. The molecule has 18 heavy (non-hydrogen) atoms. The van der Waals surface area contributed by atoms with Crippen LogP contribution in [0.5, 0.6) is 0 Å². The summed E-state index contributed by atoms with van der Waals surface area (Å²) in [5.74, 6) is -2.15. The fourth-order valence-corrected chi connectivity index (χ4v) is 2.14. The van der Waals surface area contributed by atoms with Gasteiger partial charge in [0.15, 0.2) is 0 Å². The zero-order chi connectivity index (χ0) is 13.3. The minimum atomic E-state index is -0.888. The smallest absolute Gasteiger partial charge is 0.308 e. The number of benzene rings is 1. The van der Waals surface area contributed by atoms with Crippen LogP contribution in [-0.2, 0) is 4.79 Å². The molecule has 1 aliphatic rings.